The molecular weight excluding hydrogens is 374 g/mol. The summed E-state index contributed by atoms with van der Waals surface area (Å²) < 4.78 is 0. The van der Waals surface area contributed by atoms with Gasteiger partial charge in [-0.3, -0.25) is 15.0 Å². The van der Waals surface area contributed by atoms with Crippen LogP contribution in [-0.2, 0) is 15.3 Å². The van der Waals surface area contributed by atoms with Crippen LogP contribution in [-0.4, -0.2) is 34.1 Å². The molecule has 2 N–H and O–H groups in total. The molecule has 2 fully saturated rings. The molecule has 6 nitrogen and oxygen atoms in total. The van der Waals surface area contributed by atoms with E-state index in [0.29, 0.717) is 29.5 Å². The Bertz CT molecular complexity index is 702. The second kappa shape index (κ2) is 7.88. The Kier molecular flexibility index (Phi) is 5.77. The molecule has 0 unspecified atom stereocenters. The number of halogens is 1. The van der Waals surface area contributed by atoms with Crippen LogP contribution in [0.3, 0.4) is 0 Å². The lowest BCUT2D eigenvalue weighted by atomic mass is 9.77. The zero-order chi connectivity index (χ0) is 18.7. The summed E-state index contributed by atoms with van der Waals surface area (Å²) in [5, 5.41) is 4.30. The number of hydrogen-bond acceptors (Lipinski definition) is 4. The van der Waals surface area contributed by atoms with Gasteiger partial charge >= 0.3 is 6.03 Å². The SMILES string of the molecule is CC1CCC2(CC1)NC(=O)N(NC(=O)CSCc1ccc(Cl)cc1)C2=O. The topological polar surface area (TPSA) is 78.5 Å². The highest BCUT2D eigenvalue weighted by Gasteiger charge is 2.52. The predicted octanol–water partition coefficient (Wildman–Crippen LogP) is 3.11. The van der Waals surface area contributed by atoms with Crippen LogP contribution in [0.25, 0.3) is 0 Å². The number of hydrazine groups is 1. The molecule has 0 radical (unpaired) electrons. The third-order valence-electron chi connectivity index (χ3n) is 4.94. The van der Waals surface area contributed by atoms with Gasteiger partial charge in [-0.25, -0.2) is 4.79 Å². The number of nitrogens with zero attached hydrogens (tertiary/aromatic N) is 1. The van der Waals surface area contributed by atoms with Crippen molar-refractivity contribution >= 4 is 41.2 Å². The number of hydrogen-bond donors (Lipinski definition) is 2. The quantitative estimate of drug-likeness (QED) is 0.751. The molecule has 0 bridgehead atoms. The molecule has 1 spiro atoms. The summed E-state index contributed by atoms with van der Waals surface area (Å²) >= 11 is 7.25. The number of benzene rings is 1. The smallest absolute Gasteiger partial charge is 0.322 e. The van der Waals surface area contributed by atoms with Crippen LogP contribution >= 0.6 is 23.4 Å². The van der Waals surface area contributed by atoms with Gasteiger partial charge < -0.3 is 5.32 Å². The standard InChI is InChI=1S/C18H22ClN3O3S/c1-12-6-8-18(9-7-12)16(24)22(17(25)20-18)21-15(23)11-26-10-13-2-4-14(19)5-3-13/h2-5,12H,6-11H2,1H3,(H,20,25)(H,21,23). The molecule has 4 amide bonds. The first-order valence-electron chi connectivity index (χ1n) is 8.68. The van der Waals surface area contributed by atoms with Crippen molar-refractivity contribution in [2.45, 2.75) is 43.9 Å². The summed E-state index contributed by atoms with van der Waals surface area (Å²) in [4.78, 5) is 37.0. The van der Waals surface area contributed by atoms with E-state index in [1.54, 1.807) is 12.1 Å². The van der Waals surface area contributed by atoms with Crippen molar-refractivity contribution in [3.8, 4) is 0 Å². The minimum absolute atomic E-state index is 0.156. The summed E-state index contributed by atoms with van der Waals surface area (Å²) in [7, 11) is 0. The van der Waals surface area contributed by atoms with E-state index in [2.05, 4.69) is 17.7 Å². The summed E-state index contributed by atoms with van der Waals surface area (Å²) in [6, 6.07) is 6.86. The molecule has 0 atom stereocenters. The molecule has 1 saturated heterocycles. The normalized spacial score (nSPS) is 25.5. The van der Waals surface area contributed by atoms with Crippen molar-refractivity contribution in [1.29, 1.82) is 0 Å². The number of amides is 4. The van der Waals surface area contributed by atoms with Crippen molar-refractivity contribution in [3.05, 3.63) is 34.9 Å². The summed E-state index contributed by atoms with van der Waals surface area (Å²) in [6.45, 7) is 2.14. The molecule has 1 heterocycles. The second-order valence-corrected chi connectivity index (χ2v) is 8.41. The van der Waals surface area contributed by atoms with E-state index in [0.717, 1.165) is 23.4 Å². The van der Waals surface area contributed by atoms with E-state index < -0.39 is 11.6 Å². The van der Waals surface area contributed by atoms with Gasteiger partial charge in [-0.05, 0) is 49.3 Å². The average molecular weight is 396 g/mol. The third kappa shape index (κ3) is 4.15. The Morgan fingerprint density at radius 1 is 1.31 bits per heavy atom. The molecule has 8 heteroatoms. The minimum atomic E-state index is -0.840. The maximum Gasteiger partial charge on any atom is 0.344 e. The molecule has 1 aromatic rings. The number of carbonyl (C=O) groups is 3. The van der Waals surface area contributed by atoms with Crippen molar-refractivity contribution < 1.29 is 14.4 Å². The first kappa shape index (κ1) is 19.0. The Labute approximate surface area is 162 Å². The van der Waals surface area contributed by atoms with Crippen molar-refractivity contribution in [3.63, 3.8) is 0 Å². The second-order valence-electron chi connectivity index (χ2n) is 6.99. The Morgan fingerprint density at radius 2 is 1.96 bits per heavy atom. The number of rotatable bonds is 5. The van der Waals surface area contributed by atoms with E-state index >= 15 is 0 Å². The van der Waals surface area contributed by atoms with Gasteiger partial charge in [0.05, 0.1) is 5.75 Å². The molecule has 3 rings (SSSR count). The first-order valence-corrected chi connectivity index (χ1v) is 10.2. The zero-order valence-electron chi connectivity index (χ0n) is 14.6. The Balaban J connectivity index is 1.50. The predicted molar refractivity (Wildman–Crippen MR) is 101 cm³/mol. The van der Waals surface area contributed by atoms with Gasteiger partial charge in [0, 0.05) is 10.8 Å². The number of urea groups is 1. The lowest BCUT2D eigenvalue weighted by Crippen LogP contribution is -2.51. The number of imide groups is 1. The summed E-state index contributed by atoms with van der Waals surface area (Å²) in [5.41, 5.74) is 2.66. The van der Waals surface area contributed by atoms with Gasteiger partial charge in [-0.2, -0.15) is 5.01 Å². The minimum Gasteiger partial charge on any atom is -0.322 e. The summed E-state index contributed by atoms with van der Waals surface area (Å²) in [5.74, 6) is 0.647. The molecule has 1 aliphatic carbocycles. The van der Waals surface area contributed by atoms with E-state index in [9.17, 15) is 14.4 Å². The average Bonchev–Trinajstić information content (AvgIpc) is 2.84. The molecule has 140 valence electrons. The fourth-order valence-electron chi connectivity index (χ4n) is 3.31. The molecular formula is C18H22ClN3O3S. The largest absolute Gasteiger partial charge is 0.344 e. The van der Waals surface area contributed by atoms with Gasteiger partial charge in [0.2, 0.25) is 5.91 Å². The molecule has 1 aliphatic heterocycles. The van der Waals surface area contributed by atoms with Crippen LogP contribution < -0.4 is 10.7 Å². The van der Waals surface area contributed by atoms with Crippen LogP contribution in [0.1, 0.15) is 38.2 Å². The molecule has 26 heavy (non-hydrogen) atoms. The van der Waals surface area contributed by atoms with Crippen LogP contribution in [0.15, 0.2) is 24.3 Å². The van der Waals surface area contributed by atoms with E-state index in [-0.39, 0.29) is 17.6 Å². The van der Waals surface area contributed by atoms with Gasteiger partial charge in [-0.1, -0.05) is 30.7 Å². The highest BCUT2D eigenvalue weighted by atomic mass is 35.5. The van der Waals surface area contributed by atoms with Crippen molar-refractivity contribution in [1.82, 2.24) is 15.8 Å². The lowest BCUT2D eigenvalue weighted by molar-refractivity contribution is -0.139. The van der Waals surface area contributed by atoms with Gasteiger partial charge in [0.25, 0.3) is 5.91 Å². The maximum absolute atomic E-state index is 12.7. The van der Waals surface area contributed by atoms with Crippen LogP contribution in [0.5, 0.6) is 0 Å². The Morgan fingerprint density at radius 3 is 2.62 bits per heavy atom. The van der Waals surface area contributed by atoms with E-state index in [1.165, 1.54) is 11.8 Å². The monoisotopic (exact) mass is 395 g/mol. The molecule has 1 aromatic carbocycles. The zero-order valence-corrected chi connectivity index (χ0v) is 16.2. The van der Waals surface area contributed by atoms with E-state index in [4.69, 9.17) is 11.6 Å². The highest BCUT2D eigenvalue weighted by Crippen LogP contribution is 2.35. The molecule has 2 aliphatic rings. The van der Waals surface area contributed by atoms with Crippen LogP contribution in [0, 0.1) is 5.92 Å². The van der Waals surface area contributed by atoms with Crippen LogP contribution in [0.2, 0.25) is 5.02 Å². The van der Waals surface area contributed by atoms with Gasteiger partial charge in [0.15, 0.2) is 0 Å². The first-order chi connectivity index (χ1) is 12.4. The third-order valence-corrected chi connectivity index (χ3v) is 6.20. The highest BCUT2D eigenvalue weighted by molar-refractivity contribution is 7.99. The lowest BCUT2D eigenvalue weighted by Gasteiger charge is -2.33. The maximum atomic E-state index is 12.7. The van der Waals surface area contributed by atoms with Crippen molar-refractivity contribution in [2.24, 2.45) is 5.92 Å². The molecule has 1 saturated carbocycles. The van der Waals surface area contributed by atoms with Crippen molar-refractivity contribution in [2.75, 3.05) is 5.75 Å². The summed E-state index contributed by atoms with van der Waals surface area (Å²) in [6.07, 6.45) is 3.03. The fourth-order valence-corrected chi connectivity index (χ4v) is 4.22. The number of thioether (sulfide) groups is 1. The molecule has 0 aromatic heterocycles. The fraction of sp³-hybridized carbons (Fsp3) is 0.500. The number of nitrogens with one attached hydrogen (secondary N) is 2. The van der Waals surface area contributed by atoms with E-state index in [1.807, 2.05) is 12.1 Å². The number of carbonyl (C=O) groups excluding carboxylic acids is 3. The van der Waals surface area contributed by atoms with Gasteiger partial charge in [-0.15, -0.1) is 11.8 Å². The van der Waals surface area contributed by atoms with Crippen LogP contribution in [0.4, 0.5) is 4.79 Å². The Hall–Kier alpha value is -1.73. The van der Waals surface area contributed by atoms with Gasteiger partial charge in [0.1, 0.15) is 5.54 Å².